The Morgan fingerprint density at radius 3 is 2.67 bits per heavy atom. The quantitative estimate of drug-likeness (QED) is 0.746. The van der Waals surface area contributed by atoms with E-state index in [4.69, 9.17) is 23.7 Å². The summed E-state index contributed by atoms with van der Waals surface area (Å²) in [6, 6.07) is 3.52. The van der Waals surface area contributed by atoms with E-state index in [1.165, 1.54) is 6.08 Å². The van der Waals surface area contributed by atoms with E-state index in [-0.39, 0.29) is 31.2 Å². The highest BCUT2D eigenvalue weighted by molar-refractivity contribution is 5.94. The van der Waals surface area contributed by atoms with Gasteiger partial charge in [-0.3, -0.25) is 9.53 Å². The van der Waals surface area contributed by atoms with Crippen LogP contribution >= 0.6 is 0 Å². The topological polar surface area (TPSA) is 83.5 Å². The molecular formula is C20H20O7. The summed E-state index contributed by atoms with van der Waals surface area (Å²) in [4.78, 5) is 12.9. The first-order chi connectivity index (χ1) is 12.9. The van der Waals surface area contributed by atoms with Gasteiger partial charge in [0.05, 0.1) is 5.92 Å². The number of benzene rings is 1. The second-order valence-corrected chi connectivity index (χ2v) is 8.20. The summed E-state index contributed by atoms with van der Waals surface area (Å²) in [5.74, 6) is -0.323. The third kappa shape index (κ3) is 1.68. The van der Waals surface area contributed by atoms with E-state index in [2.05, 4.69) is 6.92 Å². The van der Waals surface area contributed by atoms with Crippen LogP contribution in [-0.2, 0) is 19.9 Å². The zero-order valence-electron chi connectivity index (χ0n) is 15.1. The van der Waals surface area contributed by atoms with Crippen molar-refractivity contribution in [3.8, 4) is 17.2 Å². The fourth-order valence-electron chi connectivity index (χ4n) is 5.61. The number of aliphatic hydroxyl groups is 1. The van der Waals surface area contributed by atoms with E-state index >= 15 is 0 Å². The molecule has 27 heavy (non-hydrogen) atoms. The molecule has 6 atom stereocenters. The highest BCUT2D eigenvalue weighted by Crippen LogP contribution is 2.65. The molecule has 6 unspecified atom stereocenters. The summed E-state index contributed by atoms with van der Waals surface area (Å²) in [7, 11) is 0. The van der Waals surface area contributed by atoms with Gasteiger partial charge in [0.2, 0.25) is 6.79 Å². The average Bonchev–Trinajstić information content (AvgIpc) is 3.25. The van der Waals surface area contributed by atoms with Gasteiger partial charge in [0, 0.05) is 23.6 Å². The van der Waals surface area contributed by atoms with E-state index in [1.807, 2.05) is 6.92 Å². The van der Waals surface area contributed by atoms with Crippen molar-refractivity contribution in [2.45, 2.75) is 31.7 Å². The first kappa shape index (κ1) is 15.8. The fraction of sp³-hybridized carbons (Fsp3) is 0.550. The van der Waals surface area contributed by atoms with Crippen LogP contribution in [0, 0.1) is 23.7 Å². The summed E-state index contributed by atoms with van der Waals surface area (Å²) in [6.45, 7) is 4.21. The smallest absolute Gasteiger partial charge is 0.278 e. The predicted octanol–water partition coefficient (Wildman–Crippen LogP) is 2.07. The largest absolute Gasteiger partial charge is 0.465 e. The summed E-state index contributed by atoms with van der Waals surface area (Å²) in [5.41, 5.74) is -0.698. The minimum atomic E-state index is -1.32. The molecule has 1 aromatic carbocycles. The lowest BCUT2D eigenvalue weighted by Crippen LogP contribution is -2.67. The zero-order chi connectivity index (χ0) is 18.6. The summed E-state index contributed by atoms with van der Waals surface area (Å²) in [6.07, 6.45) is 2.15. The molecule has 0 radical (unpaired) electrons. The maximum absolute atomic E-state index is 12.9. The Hall–Kier alpha value is -2.25. The molecule has 1 spiro atoms. The molecule has 0 amide bonds. The molecule has 5 aliphatic rings. The van der Waals surface area contributed by atoms with Gasteiger partial charge in [-0.2, -0.15) is 0 Å². The molecule has 2 aliphatic carbocycles. The van der Waals surface area contributed by atoms with Gasteiger partial charge in [-0.05, 0) is 24.3 Å². The second kappa shape index (κ2) is 4.77. The molecule has 7 heteroatoms. The monoisotopic (exact) mass is 372 g/mol. The minimum absolute atomic E-state index is 0.0117. The number of ether oxygens (including phenoxy) is 5. The Bertz CT molecular complexity index is 908. The van der Waals surface area contributed by atoms with Gasteiger partial charge in [-0.1, -0.05) is 13.8 Å². The minimum Gasteiger partial charge on any atom is -0.465 e. The number of ketones is 1. The highest BCUT2D eigenvalue weighted by atomic mass is 16.8. The number of carbonyl (C=O) groups excluding carboxylic acids is 1. The van der Waals surface area contributed by atoms with E-state index in [0.717, 1.165) is 0 Å². The third-order valence-electron chi connectivity index (χ3n) is 7.10. The molecule has 1 aromatic rings. The fourth-order valence-corrected chi connectivity index (χ4v) is 5.61. The van der Waals surface area contributed by atoms with Crippen LogP contribution in [0.25, 0.3) is 0 Å². The van der Waals surface area contributed by atoms with E-state index in [0.29, 0.717) is 35.0 Å². The van der Waals surface area contributed by atoms with Crippen LogP contribution in [0.5, 0.6) is 17.2 Å². The van der Waals surface area contributed by atoms with Crippen LogP contribution in [-0.4, -0.2) is 30.3 Å². The number of fused-ring (bicyclic) bond motifs is 3. The molecule has 142 valence electrons. The molecule has 7 nitrogen and oxygen atoms in total. The number of rotatable bonds is 0. The highest BCUT2D eigenvalue weighted by Gasteiger charge is 2.72. The van der Waals surface area contributed by atoms with E-state index in [9.17, 15) is 9.90 Å². The van der Waals surface area contributed by atoms with Gasteiger partial charge < -0.3 is 24.1 Å². The van der Waals surface area contributed by atoms with Crippen molar-refractivity contribution in [3.05, 3.63) is 29.5 Å². The third-order valence-corrected chi connectivity index (χ3v) is 7.10. The van der Waals surface area contributed by atoms with Crippen molar-refractivity contribution >= 4 is 5.78 Å². The second-order valence-electron chi connectivity index (χ2n) is 8.20. The van der Waals surface area contributed by atoms with Gasteiger partial charge >= 0.3 is 0 Å². The van der Waals surface area contributed by atoms with Crippen LogP contribution in [0.1, 0.15) is 25.8 Å². The Balaban J connectivity index is 1.66. The molecule has 6 rings (SSSR count). The van der Waals surface area contributed by atoms with Crippen molar-refractivity contribution in [2.75, 3.05) is 13.6 Å². The van der Waals surface area contributed by atoms with Crippen molar-refractivity contribution < 1.29 is 33.6 Å². The number of allylic oxidation sites excluding steroid dienone is 1. The van der Waals surface area contributed by atoms with Gasteiger partial charge in [0.25, 0.3) is 5.79 Å². The molecule has 1 saturated heterocycles. The average molecular weight is 372 g/mol. The summed E-state index contributed by atoms with van der Waals surface area (Å²) < 4.78 is 28.9. The zero-order valence-corrected chi connectivity index (χ0v) is 15.1. The number of hydrogen-bond acceptors (Lipinski definition) is 7. The first-order valence-corrected chi connectivity index (χ1v) is 9.33. The van der Waals surface area contributed by atoms with Crippen LogP contribution in [0.2, 0.25) is 0 Å². The molecule has 1 N–H and O–H groups in total. The van der Waals surface area contributed by atoms with Crippen LogP contribution < -0.4 is 14.2 Å². The van der Waals surface area contributed by atoms with E-state index < -0.39 is 23.2 Å². The standard InChI is InChI=1S/C20H20O7/c1-9-3-11-13(21)5-17-20(26-8-25-17)18(11)19(22,10(9)2)12-4-15-16(24-7-23-15)6-14(12)27-20/h4-6,9-11,18,22H,3,7-8H2,1-2H3. The van der Waals surface area contributed by atoms with Crippen molar-refractivity contribution in [1.29, 1.82) is 0 Å². The van der Waals surface area contributed by atoms with Gasteiger partial charge in [0.1, 0.15) is 11.4 Å². The molecule has 3 heterocycles. The van der Waals surface area contributed by atoms with Crippen molar-refractivity contribution in [2.24, 2.45) is 23.7 Å². The van der Waals surface area contributed by atoms with Crippen molar-refractivity contribution in [3.63, 3.8) is 0 Å². The maximum atomic E-state index is 12.9. The maximum Gasteiger partial charge on any atom is 0.278 e. The molecule has 1 saturated carbocycles. The first-order valence-electron chi connectivity index (χ1n) is 9.33. The number of hydrogen-bond donors (Lipinski definition) is 1. The van der Waals surface area contributed by atoms with Gasteiger partial charge in [0.15, 0.2) is 29.8 Å². The van der Waals surface area contributed by atoms with Gasteiger partial charge in [-0.25, -0.2) is 0 Å². The lowest BCUT2D eigenvalue weighted by Gasteiger charge is -2.59. The van der Waals surface area contributed by atoms with Crippen LogP contribution in [0.15, 0.2) is 24.0 Å². The normalized spacial score (nSPS) is 43.1. The lowest BCUT2D eigenvalue weighted by atomic mass is 9.52. The van der Waals surface area contributed by atoms with Gasteiger partial charge in [-0.15, -0.1) is 0 Å². The molecule has 3 aliphatic heterocycles. The van der Waals surface area contributed by atoms with E-state index in [1.54, 1.807) is 12.1 Å². The Morgan fingerprint density at radius 2 is 1.85 bits per heavy atom. The Kier molecular flexibility index (Phi) is 2.79. The van der Waals surface area contributed by atoms with Crippen LogP contribution in [0.3, 0.4) is 0 Å². The summed E-state index contributed by atoms with van der Waals surface area (Å²) >= 11 is 0. The van der Waals surface area contributed by atoms with Crippen molar-refractivity contribution in [1.82, 2.24) is 0 Å². The molecule has 2 fully saturated rings. The number of carbonyl (C=O) groups is 1. The Labute approximate surface area is 155 Å². The summed E-state index contributed by atoms with van der Waals surface area (Å²) in [5, 5.41) is 12.2. The Morgan fingerprint density at radius 1 is 1.07 bits per heavy atom. The molecule has 0 bridgehead atoms. The molecule has 0 aromatic heterocycles. The lowest BCUT2D eigenvalue weighted by molar-refractivity contribution is -0.277. The SMILES string of the molecule is CC1CC2C(=O)C=C3OCOC34Oc3cc5c(cc3C(O)(C1C)C24)OCO5. The molecular weight excluding hydrogens is 352 g/mol. The predicted molar refractivity (Wildman–Crippen MR) is 89.9 cm³/mol. The van der Waals surface area contributed by atoms with Crippen LogP contribution in [0.4, 0.5) is 0 Å².